The minimum Gasteiger partial charge on any atom is -0.456 e. The normalized spacial score (nSPS) is 12.5. The highest BCUT2D eigenvalue weighted by molar-refractivity contribution is 6.30. The minimum atomic E-state index is 0.767. The van der Waals surface area contributed by atoms with Crippen molar-refractivity contribution in [1.82, 2.24) is 9.38 Å². The standard InChI is InChI=1S/C28H18N3O2/c1-15-11-24-26(17-12-23-18(29-14-32-23)13-22(17)33-24)27-16-7-3-4-8-19(16)31-21-10-6-5-9-20(21)30(2)28(31)25(15)27/h3-14H,1-2H3/q+1. The first-order valence-corrected chi connectivity index (χ1v) is 11.0. The summed E-state index contributed by atoms with van der Waals surface area (Å²) in [6, 6.07) is 23.4. The quantitative estimate of drug-likeness (QED) is 0.203. The van der Waals surface area contributed by atoms with Gasteiger partial charge in [0, 0.05) is 27.6 Å². The van der Waals surface area contributed by atoms with Gasteiger partial charge in [0.1, 0.15) is 22.2 Å². The van der Waals surface area contributed by atoms with Crippen LogP contribution >= 0.6 is 0 Å². The number of hydrogen-bond acceptors (Lipinski definition) is 3. The molecule has 5 nitrogen and oxygen atoms in total. The van der Waals surface area contributed by atoms with Crippen LogP contribution in [0.4, 0.5) is 0 Å². The number of imidazole rings is 1. The summed E-state index contributed by atoms with van der Waals surface area (Å²) in [4.78, 5) is 4.31. The van der Waals surface area contributed by atoms with Crippen molar-refractivity contribution < 1.29 is 13.4 Å². The first kappa shape index (κ1) is 17.2. The Labute approximate surface area is 187 Å². The van der Waals surface area contributed by atoms with Crippen molar-refractivity contribution in [2.24, 2.45) is 7.05 Å². The highest BCUT2D eigenvalue weighted by Gasteiger charge is 2.26. The van der Waals surface area contributed by atoms with E-state index < -0.39 is 0 Å². The average molecular weight is 428 g/mol. The molecule has 0 radical (unpaired) electrons. The summed E-state index contributed by atoms with van der Waals surface area (Å²) < 4.78 is 16.7. The number of aromatic nitrogens is 3. The number of nitrogens with zero attached hydrogens (tertiary/aromatic N) is 3. The van der Waals surface area contributed by atoms with Crippen LogP contribution in [0.3, 0.4) is 0 Å². The summed E-state index contributed by atoms with van der Waals surface area (Å²) in [5, 5.41) is 5.82. The number of aryl methyl sites for hydroxylation is 2. The summed E-state index contributed by atoms with van der Waals surface area (Å²) >= 11 is 0. The molecule has 156 valence electrons. The third kappa shape index (κ3) is 1.98. The van der Waals surface area contributed by atoms with Crippen LogP contribution in [0.2, 0.25) is 0 Å². The van der Waals surface area contributed by atoms with E-state index in [2.05, 4.69) is 88.6 Å². The molecule has 0 aliphatic carbocycles. The smallest absolute Gasteiger partial charge is 0.295 e. The molecule has 4 aromatic carbocycles. The number of furan rings is 1. The molecule has 0 bridgehead atoms. The van der Waals surface area contributed by atoms with Gasteiger partial charge >= 0.3 is 0 Å². The molecule has 0 spiro atoms. The number of benzene rings is 4. The van der Waals surface area contributed by atoms with Crippen LogP contribution in [-0.4, -0.2) is 9.38 Å². The van der Waals surface area contributed by atoms with E-state index in [0.717, 1.165) is 33.0 Å². The van der Waals surface area contributed by atoms with Gasteiger partial charge in [-0.05, 0) is 42.8 Å². The number of pyridine rings is 1. The Kier molecular flexibility index (Phi) is 2.97. The maximum atomic E-state index is 6.37. The number of rotatable bonds is 0. The molecule has 8 aromatic rings. The van der Waals surface area contributed by atoms with Gasteiger partial charge in [0.25, 0.3) is 5.65 Å². The number of hydrogen-bond donors (Lipinski definition) is 0. The Hall–Kier alpha value is -4.38. The van der Waals surface area contributed by atoms with Crippen LogP contribution in [-0.2, 0) is 7.05 Å². The Morgan fingerprint density at radius 2 is 1.61 bits per heavy atom. The lowest BCUT2D eigenvalue weighted by Gasteiger charge is -2.08. The summed E-state index contributed by atoms with van der Waals surface area (Å²) in [5.41, 5.74) is 9.24. The van der Waals surface area contributed by atoms with Crippen LogP contribution in [0.1, 0.15) is 5.56 Å². The Bertz CT molecular complexity index is 2110. The van der Waals surface area contributed by atoms with Gasteiger partial charge in [0.05, 0.1) is 12.4 Å². The van der Waals surface area contributed by atoms with Gasteiger partial charge < -0.3 is 8.83 Å². The fourth-order valence-electron chi connectivity index (χ4n) is 5.69. The van der Waals surface area contributed by atoms with E-state index in [1.165, 1.54) is 50.3 Å². The van der Waals surface area contributed by atoms with Crippen LogP contribution in [0.25, 0.3) is 71.4 Å². The van der Waals surface area contributed by atoms with Gasteiger partial charge in [-0.3, -0.25) is 0 Å². The van der Waals surface area contributed by atoms with Gasteiger partial charge in [0.2, 0.25) is 0 Å². The molecule has 0 aliphatic rings. The number of fused-ring (bicyclic) bond motifs is 13. The average Bonchev–Trinajstić information content (AvgIpc) is 3.51. The molecule has 0 fully saturated rings. The van der Waals surface area contributed by atoms with E-state index in [9.17, 15) is 0 Å². The molecule has 0 atom stereocenters. The largest absolute Gasteiger partial charge is 0.456 e. The highest BCUT2D eigenvalue weighted by Crippen LogP contribution is 2.42. The molecular weight excluding hydrogens is 410 g/mol. The third-order valence-electron chi connectivity index (χ3n) is 7.06. The lowest BCUT2D eigenvalue weighted by atomic mass is 9.97. The summed E-state index contributed by atoms with van der Waals surface area (Å²) in [5.74, 6) is 0. The van der Waals surface area contributed by atoms with E-state index in [1.807, 2.05) is 6.07 Å². The fraction of sp³-hybridized carbons (Fsp3) is 0.0714. The van der Waals surface area contributed by atoms with Crippen LogP contribution in [0.5, 0.6) is 0 Å². The van der Waals surface area contributed by atoms with E-state index in [4.69, 9.17) is 8.83 Å². The lowest BCUT2D eigenvalue weighted by molar-refractivity contribution is -0.617. The minimum absolute atomic E-state index is 0.767. The Balaban J connectivity index is 1.77. The molecule has 4 aromatic heterocycles. The van der Waals surface area contributed by atoms with Crippen LogP contribution in [0.15, 0.2) is 82.0 Å². The first-order valence-electron chi connectivity index (χ1n) is 11.0. The van der Waals surface area contributed by atoms with Crippen molar-refractivity contribution in [3.63, 3.8) is 0 Å². The molecule has 0 amide bonds. The molecule has 0 saturated carbocycles. The van der Waals surface area contributed by atoms with Gasteiger partial charge in [-0.2, -0.15) is 4.40 Å². The van der Waals surface area contributed by atoms with Gasteiger partial charge in [-0.1, -0.05) is 30.3 Å². The molecule has 0 saturated heterocycles. The van der Waals surface area contributed by atoms with Gasteiger partial charge in [-0.15, -0.1) is 0 Å². The summed E-state index contributed by atoms with van der Waals surface area (Å²) in [7, 11) is 2.15. The van der Waals surface area contributed by atoms with Crippen LogP contribution < -0.4 is 4.57 Å². The molecule has 4 heterocycles. The molecule has 8 rings (SSSR count). The number of oxazole rings is 1. The van der Waals surface area contributed by atoms with Crippen molar-refractivity contribution in [1.29, 1.82) is 0 Å². The molecule has 0 N–H and O–H groups in total. The highest BCUT2D eigenvalue weighted by atomic mass is 16.3. The van der Waals surface area contributed by atoms with Gasteiger partial charge in [-0.25, -0.2) is 9.55 Å². The second kappa shape index (κ2) is 5.70. The molecule has 0 aliphatic heterocycles. The molecule has 0 unspecified atom stereocenters. The van der Waals surface area contributed by atoms with E-state index in [-0.39, 0.29) is 0 Å². The molecule has 5 heteroatoms. The SMILES string of the molecule is Cc1cc2oc3cc4ncoc4cc3c2c2c3ccccc3n3c4ccccc4[n+](C)c3c12. The summed E-state index contributed by atoms with van der Waals surface area (Å²) in [6.45, 7) is 2.18. The predicted octanol–water partition coefficient (Wildman–Crippen LogP) is 6.57. The predicted molar refractivity (Wildman–Crippen MR) is 131 cm³/mol. The molecular formula is C28H18N3O2+. The van der Waals surface area contributed by atoms with Crippen molar-refractivity contribution in [2.45, 2.75) is 6.92 Å². The second-order valence-electron chi connectivity index (χ2n) is 8.81. The Morgan fingerprint density at radius 1 is 0.788 bits per heavy atom. The first-order chi connectivity index (χ1) is 16.2. The Morgan fingerprint density at radius 3 is 2.52 bits per heavy atom. The number of para-hydroxylation sites is 3. The third-order valence-corrected chi connectivity index (χ3v) is 7.06. The fourth-order valence-corrected chi connectivity index (χ4v) is 5.69. The van der Waals surface area contributed by atoms with Crippen molar-refractivity contribution in [3.05, 3.63) is 78.7 Å². The zero-order chi connectivity index (χ0) is 21.8. The zero-order valence-electron chi connectivity index (χ0n) is 18.1. The second-order valence-corrected chi connectivity index (χ2v) is 8.81. The lowest BCUT2D eigenvalue weighted by Crippen LogP contribution is -2.27. The van der Waals surface area contributed by atoms with E-state index in [0.29, 0.717) is 0 Å². The maximum Gasteiger partial charge on any atom is 0.295 e. The zero-order valence-corrected chi connectivity index (χ0v) is 18.1. The van der Waals surface area contributed by atoms with Gasteiger partial charge in [0.15, 0.2) is 23.0 Å². The monoisotopic (exact) mass is 428 g/mol. The maximum absolute atomic E-state index is 6.37. The summed E-state index contributed by atoms with van der Waals surface area (Å²) in [6.07, 6.45) is 1.49. The van der Waals surface area contributed by atoms with Crippen molar-refractivity contribution >= 4 is 71.4 Å². The topological polar surface area (TPSA) is 47.5 Å². The van der Waals surface area contributed by atoms with Crippen molar-refractivity contribution in [3.8, 4) is 0 Å². The van der Waals surface area contributed by atoms with Crippen LogP contribution in [0, 0.1) is 6.92 Å². The van der Waals surface area contributed by atoms with Crippen molar-refractivity contribution in [2.75, 3.05) is 0 Å². The molecule has 33 heavy (non-hydrogen) atoms. The van der Waals surface area contributed by atoms with E-state index >= 15 is 0 Å². The van der Waals surface area contributed by atoms with E-state index in [1.54, 1.807) is 0 Å².